The Morgan fingerprint density at radius 3 is 2.35 bits per heavy atom. The molecule has 2 saturated heterocycles. The van der Waals surface area contributed by atoms with Gasteiger partial charge in [-0.15, -0.1) is 0 Å². The van der Waals surface area contributed by atoms with E-state index in [0.29, 0.717) is 19.0 Å². The van der Waals surface area contributed by atoms with Crippen LogP contribution in [0.15, 0.2) is 12.4 Å². The molecule has 0 radical (unpaired) electrons. The Hall–Kier alpha value is -1.75. The molecule has 3 rings (SSSR count). The molecule has 0 aliphatic carbocycles. The van der Waals surface area contributed by atoms with E-state index < -0.39 is 36.9 Å². The molecule has 1 aromatic rings. The van der Waals surface area contributed by atoms with Crippen molar-refractivity contribution in [3.8, 4) is 0 Å². The van der Waals surface area contributed by atoms with Gasteiger partial charge in [-0.05, 0) is 54.4 Å². The first-order valence-corrected chi connectivity index (χ1v) is 11.0. The Morgan fingerprint density at radius 1 is 1.26 bits per heavy atom. The number of rotatable bonds is 7. The highest BCUT2D eigenvalue weighted by Gasteiger charge is 2.52. The normalized spacial score (nSPS) is 23.5. The molecule has 0 aromatic carbocycles. The summed E-state index contributed by atoms with van der Waals surface area (Å²) in [7, 11) is -0.519. The Balaban J connectivity index is 1.73. The second-order valence-corrected chi connectivity index (χ2v) is 9.68. The fourth-order valence-electron chi connectivity index (χ4n) is 3.92. The van der Waals surface area contributed by atoms with Gasteiger partial charge in [-0.25, -0.2) is 9.97 Å². The van der Waals surface area contributed by atoms with Gasteiger partial charge >= 0.3 is 7.12 Å². The zero-order valence-electron chi connectivity index (χ0n) is 19.4. The first-order chi connectivity index (χ1) is 14.5. The number of aliphatic hydroxyl groups is 2. The minimum absolute atomic E-state index is 0.0672. The molecular formula is C21H35BN4O5. The van der Waals surface area contributed by atoms with Crippen molar-refractivity contribution in [1.82, 2.24) is 14.9 Å². The van der Waals surface area contributed by atoms with Crippen LogP contribution in [-0.2, 0) is 14.1 Å². The summed E-state index contributed by atoms with van der Waals surface area (Å²) in [5, 5.41) is 18.9. The van der Waals surface area contributed by atoms with E-state index in [-0.39, 0.29) is 12.1 Å². The van der Waals surface area contributed by atoms with Gasteiger partial charge in [0, 0.05) is 43.0 Å². The summed E-state index contributed by atoms with van der Waals surface area (Å²) in [6.07, 6.45) is 3.78. The zero-order valence-corrected chi connectivity index (χ0v) is 19.4. The largest absolute Gasteiger partial charge is 0.498 e. The summed E-state index contributed by atoms with van der Waals surface area (Å²) < 4.78 is 12.1. The third kappa shape index (κ3) is 4.87. The molecule has 2 N–H and O–H groups in total. The maximum atomic E-state index is 12.4. The summed E-state index contributed by atoms with van der Waals surface area (Å²) in [5.74, 6) is 0.142. The van der Waals surface area contributed by atoms with Crippen molar-refractivity contribution in [2.24, 2.45) is 0 Å². The van der Waals surface area contributed by atoms with Gasteiger partial charge in [0.05, 0.1) is 17.8 Å². The van der Waals surface area contributed by atoms with Crippen LogP contribution >= 0.6 is 0 Å². The molecule has 3 heterocycles. The van der Waals surface area contributed by atoms with Crippen molar-refractivity contribution >= 4 is 24.4 Å². The second kappa shape index (κ2) is 9.01. The minimum atomic E-state index is -1.37. The van der Waals surface area contributed by atoms with E-state index >= 15 is 0 Å². The van der Waals surface area contributed by atoms with Gasteiger partial charge in [-0.1, -0.05) is 0 Å². The average molecular weight is 434 g/mol. The van der Waals surface area contributed by atoms with Crippen LogP contribution in [0, 0.1) is 0 Å². The molecule has 0 saturated carbocycles. The van der Waals surface area contributed by atoms with E-state index in [1.165, 1.54) is 0 Å². The van der Waals surface area contributed by atoms with Gasteiger partial charge in [0.2, 0.25) is 5.95 Å². The maximum Gasteiger partial charge on any atom is 0.498 e. The van der Waals surface area contributed by atoms with Crippen LogP contribution in [0.4, 0.5) is 5.95 Å². The fourth-order valence-corrected chi connectivity index (χ4v) is 3.92. The number of aromatic nitrogens is 2. The maximum absolute atomic E-state index is 12.4. The van der Waals surface area contributed by atoms with Crippen molar-refractivity contribution in [3.63, 3.8) is 0 Å². The Kier molecular flexibility index (Phi) is 6.95. The SMILES string of the molecule is CC(C)N(CC1CCCN1C(=O)C(O)CO)c1ncc(B2OC(C)(C)C(C)(C)O2)cn1. The monoisotopic (exact) mass is 434 g/mol. The molecule has 2 atom stereocenters. The van der Waals surface area contributed by atoms with Crippen LogP contribution in [0.25, 0.3) is 0 Å². The lowest BCUT2D eigenvalue weighted by Gasteiger charge is -2.34. The van der Waals surface area contributed by atoms with Crippen LogP contribution in [0.3, 0.4) is 0 Å². The van der Waals surface area contributed by atoms with Gasteiger partial charge in [0.1, 0.15) is 0 Å². The van der Waals surface area contributed by atoms with E-state index in [0.717, 1.165) is 18.3 Å². The average Bonchev–Trinajstić information content (AvgIpc) is 3.26. The first kappa shape index (κ1) is 23.9. The molecule has 2 aliphatic heterocycles. The second-order valence-electron chi connectivity index (χ2n) is 9.68. The van der Waals surface area contributed by atoms with Crippen molar-refractivity contribution in [2.75, 3.05) is 24.6 Å². The molecule has 10 heteroatoms. The van der Waals surface area contributed by atoms with Crippen LogP contribution in [0.1, 0.15) is 54.4 Å². The van der Waals surface area contributed by atoms with Gasteiger partial charge in [0.25, 0.3) is 5.91 Å². The van der Waals surface area contributed by atoms with E-state index in [4.69, 9.17) is 14.4 Å². The standard InChI is InChI=1S/C21H35BN4O5/c1-14(2)26(12-16-8-7-9-25(16)18(29)17(28)13-27)19-23-10-15(11-24-19)22-30-20(3,4)21(5,6)31-22/h10-11,14,16-17,27-28H,7-9,12-13H2,1-6H3. The lowest BCUT2D eigenvalue weighted by atomic mass is 9.81. The Labute approximate surface area is 184 Å². The lowest BCUT2D eigenvalue weighted by molar-refractivity contribution is -0.142. The number of carbonyl (C=O) groups is 1. The predicted molar refractivity (Wildman–Crippen MR) is 118 cm³/mol. The van der Waals surface area contributed by atoms with Gasteiger partial charge in [0.15, 0.2) is 6.10 Å². The van der Waals surface area contributed by atoms with E-state index in [9.17, 15) is 9.90 Å². The summed E-state index contributed by atoms with van der Waals surface area (Å²) >= 11 is 0. The molecule has 2 aliphatic rings. The van der Waals surface area contributed by atoms with Gasteiger partial charge in [-0.2, -0.15) is 0 Å². The molecule has 31 heavy (non-hydrogen) atoms. The van der Waals surface area contributed by atoms with Gasteiger partial charge in [-0.3, -0.25) is 4.79 Å². The molecule has 2 unspecified atom stereocenters. The molecule has 1 aromatic heterocycles. The number of nitrogens with zero attached hydrogens (tertiary/aromatic N) is 4. The topological polar surface area (TPSA) is 108 Å². The van der Waals surface area contributed by atoms with Crippen molar-refractivity contribution in [1.29, 1.82) is 0 Å². The molecular weight excluding hydrogens is 399 g/mol. The molecule has 2 fully saturated rings. The number of hydrogen-bond donors (Lipinski definition) is 2. The number of aliphatic hydroxyl groups excluding tert-OH is 2. The highest BCUT2D eigenvalue weighted by atomic mass is 16.7. The third-order valence-electron chi connectivity index (χ3n) is 6.59. The van der Waals surface area contributed by atoms with E-state index in [1.807, 2.05) is 27.7 Å². The smallest absolute Gasteiger partial charge is 0.399 e. The van der Waals surface area contributed by atoms with Crippen LogP contribution < -0.4 is 10.4 Å². The number of amides is 1. The Bertz CT molecular complexity index is 758. The van der Waals surface area contributed by atoms with Gasteiger partial charge < -0.3 is 29.3 Å². The highest BCUT2D eigenvalue weighted by molar-refractivity contribution is 6.61. The quantitative estimate of drug-likeness (QED) is 0.592. The number of anilines is 1. The number of likely N-dealkylation sites (tertiary alicyclic amines) is 1. The highest BCUT2D eigenvalue weighted by Crippen LogP contribution is 2.36. The van der Waals surface area contributed by atoms with E-state index in [1.54, 1.807) is 17.3 Å². The first-order valence-electron chi connectivity index (χ1n) is 11.0. The summed E-state index contributed by atoms with van der Waals surface area (Å²) in [4.78, 5) is 25.3. The lowest BCUT2D eigenvalue weighted by Crippen LogP contribution is -2.49. The fraction of sp³-hybridized carbons (Fsp3) is 0.762. The van der Waals surface area contributed by atoms with Crippen molar-refractivity contribution < 1.29 is 24.3 Å². The van der Waals surface area contributed by atoms with Crippen molar-refractivity contribution in [3.05, 3.63) is 12.4 Å². The Morgan fingerprint density at radius 2 is 1.84 bits per heavy atom. The molecule has 172 valence electrons. The summed E-state index contributed by atoms with van der Waals surface area (Å²) in [6, 6.07) is 0.0467. The van der Waals surface area contributed by atoms with Crippen LogP contribution in [-0.4, -0.2) is 87.2 Å². The number of carbonyl (C=O) groups excluding carboxylic acids is 1. The molecule has 0 spiro atoms. The van der Waals surface area contributed by atoms with Crippen molar-refractivity contribution in [2.45, 2.75) is 83.8 Å². The zero-order chi connectivity index (χ0) is 23.0. The molecule has 9 nitrogen and oxygen atoms in total. The van der Waals surface area contributed by atoms with Crippen LogP contribution in [0.2, 0.25) is 0 Å². The molecule has 0 bridgehead atoms. The number of hydrogen-bond acceptors (Lipinski definition) is 8. The van der Waals surface area contributed by atoms with Crippen LogP contribution in [0.5, 0.6) is 0 Å². The summed E-state index contributed by atoms with van der Waals surface area (Å²) in [5.41, 5.74) is -0.106. The predicted octanol–water partition coefficient (Wildman–Crippen LogP) is 0.335. The third-order valence-corrected chi connectivity index (χ3v) is 6.59. The van der Waals surface area contributed by atoms with E-state index in [2.05, 4.69) is 28.7 Å². The minimum Gasteiger partial charge on any atom is -0.399 e. The summed E-state index contributed by atoms with van der Waals surface area (Å²) in [6.45, 7) is 12.7. The molecule has 1 amide bonds.